The molecule has 23 heavy (non-hydrogen) atoms. The first kappa shape index (κ1) is 16.9. The maximum atomic E-state index is 11.6. The average Bonchev–Trinajstić information content (AvgIpc) is 2.61. The fourth-order valence-electron chi connectivity index (χ4n) is 1.92. The van der Waals surface area contributed by atoms with Crippen LogP contribution in [0.3, 0.4) is 0 Å². The Balaban J connectivity index is 2.06. The molecule has 2 aromatic rings. The van der Waals surface area contributed by atoms with E-state index in [9.17, 15) is 4.79 Å². The number of methoxy groups -OCH3 is 1. The van der Waals surface area contributed by atoms with Gasteiger partial charge in [-0.1, -0.05) is 6.07 Å². The minimum atomic E-state index is -0.472. The van der Waals surface area contributed by atoms with Gasteiger partial charge in [0.25, 0.3) is 0 Å². The molecule has 2 rings (SSSR count). The van der Waals surface area contributed by atoms with Gasteiger partial charge in [-0.05, 0) is 24.3 Å². The molecule has 2 aromatic heterocycles. The molecule has 2 N–H and O–H groups in total. The minimum absolute atomic E-state index is 0.00986. The van der Waals surface area contributed by atoms with Crippen LogP contribution in [0.5, 0.6) is 0 Å². The van der Waals surface area contributed by atoms with Gasteiger partial charge in [0.05, 0.1) is 32.6 Å². The summed E-state index contributed by atoms with van der Waals surface area (Å²) in [6, 6.07) is 8.83. The second-order valence-corrected chi connectivity index (χ2v) is 4.59. The first-order valence-corrected chi connectivity index (χ1v) is 7.19. The van der Waals surface area contributed by atoms with Gasteiger partial charge in [0.1, 0.15) is 11.5 Å². The van der Waals surface area contributed by atoms with Gasteiger partial charge >= 0.3 is 5.97 Å². The van der Waals surface area contributed by atoms with Crippen LogP contribution in [0.4, 0.5) is 5.82 Å². The number of carbonyl (C=O) groups is 1. The number of nitrogens with one attached hydrogen (secondary N) is 1. The molecule has 7 nitrogen and oxygen atoms in total. The van der Waals surface area contributed by atoms with Crippen LogP contribution in [0.1, 0.15) is 10.5 Å². The second kappa shape index (κ2) is 8.82. The van der Waals surface area contributed by atoms with Crippen molar-refractivity contribution in [3.05, 3.63) is 42.2 Å². The molecule has 0 fully saturated rings. The SMILES string of the molecule is COC(=O)c1cccc(-c2ccnc(NCCOCCO)c2)n1. The molecule has 0 saturated heterocycles. The highest BCUT2D eigenvalue weighted by molar-refractivity contribution is 5.87. The van der Waals surface area contributed by atoms with E-state index in [4.69, 9.17) is 9.84 Å². The molecule has 0 saturated carbocycles. The number of carbonyl (C=O) groups excluding carboxylic acids is 1. The Labute approximate surface area is 134 Å². The predicted octanol–water partition coefficient (Wildman–Crippen LogP) is 1.35. The molecule has 0 unspecified atom stereocenters. The third-order valence-electron chi connectivity index (χ3n) is 2.99. The zero-order valence-electron chi connectivity index (χ0n) is 12.9. The molecule has 0 aliphatic carbocycles. The Bertz CT molecular complexity index is 649. The Morgan fingerprint density at radius 2 is 2.17 bits per heavy atom. The fraction of sp³-hybridized carbons (Fsp3) is 0.312. The van der Waals surface area contributed by atoms with Crippen LogP contribution in [0.2, 0.25) is 0 Å². The van der Waals surface area contributed by atoms with Gasteiger partial charge in [-0.15, -0.1) is 0 Å². The number of aliphatic hydroxyl groups excluding tert-OH is 1. The predicted molar refractivity (Wildman–Crippen MR) is 85.2 cm³/mol. The lowest BCUT2D eigenvalue weighted by Gasteiger charge is -2.08. The summed E-state index contributed by atoms with van der Waals surface area (Å²) in [6.45, 7) is 1.38. The van der Waals surface area contributed by atoms with Gasteiger partial charge in [-0.25, -0.2) is 14.8 Å². The molecule has 0 aromatic carbocycles. The van der Waals surface area contributed by atoms with Crippen molar-refractivity contribution in [3.8, 4) is 11.3 Å². The number of pyridine rings is 2. The van der Waals surface area contributed by atoms with E-state index in [-0.39, 0.29) is 12.3 Å². The summed E-state index contributed by atoms with van der Waals surface area (Å²) < 4.78 is 9.85. The molecular weight excluding hydrogens is 298 g/mol. The molecule has 0 radical (unpaired) electrons. The van der Waals surface area contributed by atoms with Crippen LogP contribution in [0.15, 0.2) is 36.5 Å². The second-order valence-electron chi connectivity index (χ2n) is 4.59. The average molecular weight is 317 g/mol. The standard InChI is InChI=1S/C16H19N3O4/c1-22-16(21)14-4-2-3-13(19-14)12-5-6-17-15(11-12)18-7-9-23-10-8-20/h2-6,11,20H,7-10H2,1H3,(H,17,18). The summed E-state index contributed by atoms with van der Waals surface area (Å²) in [5.41, 5.74) is 1.76. The number of hydrogen-bond donors (Lipinski definition) is 2. The highest BCUT2D eigenvalue weighted by Crippen LogP contribution is 2.19. The Morgan fingerprint density at radius 1 is 1.30 bits per heavy atom. The van der Waals surface area contributed by atoms with Crippen LogP contribution >= 0.6 is 0 Å². The van der Waals surface area contributed by atoms with Crippen molar-refractivity contribution < 1.29 is 19.4 Å². The zero-order valence-corrected chi connectivity index (χ0v) is 12.9. The third-order valence-corrected chi connectivity index (χ3v) is 2.99. The number of aromatic nitrogens is 2. The Kier molecular flexibility index (Phi) is 6.46. The summed E-state index contributed by atoms with van der Waals surface area (Å²) in [5, 5.41) is 11.8. The summed E-state index contributed by atoms with van der Waals surface area (Å²) >= 11 is 0. The summed E-state index contributed by atoms with van der Waals surface area (Å²) in [6.07, 6.45) is 1.67. The van der Waals surface area contributed by atoms with Crippen LogP contribution in [-0.2, 0) is 9.47 Å². The number of ether oxygens (including phenoxy) is 2. The van der Waals surface area contributed by atoms with Crippen molar-refractivity contribution in [2.45, 2.75) is 0 Å². The minimum Gasteiger partial charge on any atom is -0.464 e. The molecule has 7 heteroatoms. The summed E-state index contributed by atoms with van der Waals surface area (Å²) in [7, 11) is 1.32. The van der Waals surface area contributed by atoms with Gasteiger partial charge < -0.3 is 19.9 Å². The van der Waals surface area contributed by atoms with Crippen molar-refractivity contribution in [2.24, 2.45) is 0 Å². The van der Waals surface area contributed by atoms with Crippen LogP contribution in [0, 0.1) is 0 Å². The van der Waals surface area contributed by atoms with Gasteiger partial charge in [-0.3, -0.25) is 0 Å². The van der Waals surface area contributed by atoms with E-state index >= 15 is 0 Å². The van der Waals surface area contributed by atoms with Gasteiger partial charge in [-0.2, -0.15) is 0 Å². The number of anilines is 1. The normalized spacial score (nSPS) is 10.3. The molecule has 122 valence electrons. The summed E-state index contributed by atoms with van der Waals surface area (Å²) in [5.74, 6) is 0.209. The monoisotopic (exact) mass is 317 g/mol. The molecule has 0 aliphatic rings. The van der Waals surface area contributed by atoms with E-state index in [1.807, 2.05) is 18.2 Å². The third kappa shape index (κ3) is 5.01. The molecular formula is C16H19N3O4. The van der Waals surface area contributed by atoms with Crippen molar-refractivity contribution in [3.63, 3.8) is 0 Å². The summed E-state index contributed by atoms with van der Waals surface area (Å²) in [4.78, 5) is 20.1. The number of rotatable bonds is 8. The van der Waals surface area contributed by atoms with Gasteiger partial charge in [0.2, 0.25) is 0 Å². The molecule has 0 atom stereocenters. The maximum Gasteiger partial charge on any atom is 0.356 e. The van der Waals surface area contributed by atoms with Crippen molar-refractivity contribution in [1.82, 2.24) is 9.97 Å². The lowest BCUT2D eigenvalue weighted by molar-refractivity contribution is 0.0594. The van der Waals surface area contributed by atoms with Crippen molar-refractivity contribution in [2.75, 3.05) is 38.8 Å². The fourth-order valence-corrected chi connectivity index (χ4v) is 1.92. The number of esters is 1. The zero-order chi connectivity index (χ0) is 16.5. The molecule has 2 heterocycles. The smallest absolute Gasteiger partial charge is 0.356 e. The number of hydrogen-bond acceptors (Lipinski definition) is 7. The molecule has 0 spiro atoms. The highest BCUT2D eigenvalue weighted by atomic mass is 16.5. The maximum absolute atomic E-state index is 11.6. The lowest BCUT2D eigenvalue weighted by atomic mass is 10.1. The first-order chi connectivity index (χ1) is 11.2. The Hall–Kier alpha value is -2.51. The van der Waals surface area contributed by atoms with Crippen molar-refractivity contribution >= 4 is 11.8 Å². The molecule has 0 amide bonds. The topological polar surface area (TPSA) is 93.6 Å². The van der Waals surface area contributed by atoms with Crippen LogP contribution < -0.4 is 5.32 Å². The van der Waals surface area contributed by atoms with E-state index < -0.39 is 5.97 Å². The largest absolute Gasteiger partial charge is 0.464 e. The van der Waals surface area contributed by atoms with Crippen LogP contribution in [0.25, 0.3) is 11.3 Å². The molecule has 0 bridgehead atoms. The number of nitrogens with zero attached hydrogens (tertiary/aromatic N) is 2. The first-order valence-electron chi connectivity index (χ1n) is 7.19. The van der Waals surface area contributed by atoms with Crippen molar-refractivity contribution in [1.29, 1.82) is 0 Å². The van der Waals surface area contributed by atoms with E-state index in [0.717, 1.165) is 5.56 Å². The highest BCUT2D eigenvalue weighted by Gasteiger charge is 2.09. The molecule has 0 aliphatic heterocycles. The van der Waals surface area contributed by atoms with Crippen LogP contribution in [-0.4, -0.2) is 54.5 Å². The van der Waals surface area contributed by atoms with Gasteiger partial charge in [0, 0.05) is 18.3 Å². The van der Waals surface area contributed by atoms with E-state index in [2.05, 4.69) is 20.0 Å². The Morgan fingerprint density at radius 3 is 2.96 bits per heavy atom. The van der Waals surface area contributed by atoms with E-state index in [1.165, 1.54) is 7.11 Å². The van der Waals surface area contributed by atoms with E-state index in [1.54, 1.807) is 18.3 Å². The van der Waals surface area contributed by atoms with Gasteiger partial charge in [0.15, 0.2) is 0 Å². The lowest BCUT2D eigenvalue weighted by Crippen LogP contribution is -2.12. The van der Waals surface area contributed by atoms with E-state index in [0.29, 0.717) is 31.3 Å². The quantitative estimate of drug-likeness (QED) is 0.560. The number of aliphatic hydroxyl groups is 1.